The molecule has 0 fully saturated rings. The van der Waals surface area contributed by atoms with Crippen molar-refractivity contribution in [2.45, 2.75) is 20.5 Å². The number of aryl methyl sites for hydroxylation is 1. The minimum absolute atomic E-state index is 0.275. The maximum Gasteiger partial charge on any atom is 0.150 e. The number of hydrogen-bond donors (Lipinski definition) is 1. The molecule has 3 heteroatoms. The molecule has 0 saturated carbocycles. The zero-order valence-electron chi connectivity index (χ0n) is 14.3. The molecule has 126 valence electrons. The van der Waals surface area contributed by atoms with E-state index in [-0.39, 0.29) is 5.75 Å². The van der Waals surface area contributed by atoms with Gasteiger partial charge in [0, 0.05) is 5.56 Å². The fourth-order valence-corrected chi connectivity index (χ4v) is 2.89. The summed E-state index contributed by atoms with van der Waals surface area (Å²) in [6, 6.07) is 18.6. The zero-order valence-corrected chi connectivity index (χ0v) is 14.3. The summed E-state index contributed by atoms with van der Waals surface area (Å²) in [6.07, 6.45) is 0.817. The van der Waals surface area contributed by atoms with Crippen LogP contribution in [0, 0.1) is 13.8 Å². The van der Waals surface area contributed by atoms with Crippen LogP contribution in [0.15, 0.2) is 60.7 Å². The SMILES string of the molecule is Cc1cc(O)ccc1-c1cccc(COc2ccc(C=O)cc2)c1C. The van der Waals surface area contributed by atoms with Crippen molar-refractivity contribution in [2.24, 2.45) is 0 Å². The van der Waals surface area contributed by atoms with Crippen molar-refractivity contribution < 1.29 is 14.6 Å². The summed E-state index contributed by atoms with van der Waals surface area (Å²) in [6.45, 7) is 4.53. The molecule has 0 saturated heterocycles. The Bertz CT molecular complexity index is 896. The van der Waals surface area contributed by atoms with Crippen LogP contribution in [0.2, 0.25) is 0 Å². The molecule has 0 aromatic heterocycles. The Balaban J connectivity index is 1.84. The summed E-state index contributed by atoms with van der Waals surface area (Å²) >= 11 is 0. The summed E-state index contributed by atoms with van der Waals surface area (Å²) in [7, 11) is 0. The summed E-state index contributed by atoms with van der Waals surface area (Å²) in [4.78, 5) is 10.7. The van der Waals surface area contributed by atoms with E-state index < -0.39 is 0 Å². The van der Waals surface area contributed by atoms with Gasteiger partial charge in [0.05, 0.1) is 0 Å². The van der Waals surface area contributed by atoms with E-state index in [0.717, 1.165) is 39.9 Å². The second-order valence-electron chi connectivity index (χ2n) is 6.06. The van der Waals surface area contributed by atoms with Gasteiger partial charge < -0.3 is 9.84 Å². The van der Waals surface area contributed by atoms with Crippen LogP contribution in [-0.4, -0.2) is 11.4 Å². The highest BCUT2D eigenvalue weighted by Gasteiger charge is 2.09. The van der Waals surface area contributed by atoms with Crippen molar-refractivity contribution in [3.8, 4) is 22.6 Å². The Labute approximate surface area is 147 Å². The summed E-state index contributed by atoms with van der Waals surface area (Å²) in [5, 5.41) is 9.61. The third-order valence-corrected chi connectivity index (χ3v) is 4.36. The van der Waals surface area contributed by atoms with Crippen LogP contribution in [0.3, 0.4) is 0 Å². The second kappa shape index (κ2) is 7.22. The minimum Gasteiger partial charge on any atom is -0.508 e. The van der Waals surface area contributed by atoms with Crippen molar-refractivity contribution in [3.05, 3.63) is 82.9 Å². The van der Waals surface area contributed by atoms with Crippen LogP contribution in [0.1, 0.15) is 27.0 Å². The smallest absolute Gasteiger partial charge is 0.150 e. The third kappa shape index (κ3) is 3.72. The van der Waals surface area contributed by atoms with Gasteiger partial charge >= 0.3 is 0 Å². The van der Waals surface area contributed by atoms with Gasteiger partial charge in [0.15, 0.2) is 0 Å². The average molecular weight is 332 g/mol. The maximum atomic E-state index is 10.7. The Morgan fingerprint density at radius 3 is 2.40 bits per heavy atom. The standard InChI is InChI=1S/C22H20O3/c1-15-12-19(24)8-11-21(15)22-5-3-4-18(16(22)2)14-25-20-9-6-17(13-23)7-10-20/h3-13,24H,14H2,1-2H3. The number of carbonyl (C=O) groups excluding carboxylic acids is 1. The number of hydrogen-bond acceptors (Lipinski definition) is 3. The molecule has 0 heterocycles. The Morgan fingerprint density at radius 1 is 0.960 bits per heavy atom. The summed E-state index contributed by atoms with van der Waals surface area (Å²) in [5.74, 6) is 1.01. The first kappa shape index (κ1) is 16.8. The fraction of sp³-hybridized carbons (Fsp3) is 0.136. The lowest BCUT2D eigenvalue weighted by Crippen LogP contribution is -2.00. The number of benzene rings is 3. The number of aldehydes is 1. The van der Waals surface area contributed by atoms with Crippen LogP contribution < -0.4 is 4.74 Å². The number of ether oxygens (including phenoxy) is 1. The van der Waals surface area contributed by atoms with Gasteiger partial charge in [-0.05, 0) is 78.1 Å². The molecule has 0 unspecified atom stereocenters. The largest absolute Gasteiger partial charge is 0.508 e. The highest BCUT2D eigenvalue weighted by molar-refractivity contribution is 5.75. The highest BCUT2D eigenvalue weighted by atomic mass is 16.5. The lowest BCUT2D eigenvalue weighted by Gasteiger charge is -2.14. The van der Waals surface area contributed by atoms with Gasteiger partial charge in [-0.15, -0.1) is 0 Å². The molecule has 0 radical (unpaired) electrons. The topological polar surface area (TPSA) is 46.5 Å². The van der Waals surface area contributed by atoms with Gasteiger partial charge in [-0.2, -0.15) is 0 Å². The first-order valence-corrected chi connectivity index (χ1v) is 8.15. The van der Waals surface area contributed by atoms with E-state index in [1.165, 1.54) is 0 Å². The van der Waals surface area contributed by atoms with Crippen LogP contribution >= 0.6 is 0 Å². The maximum absolute atomic E-state index is 10.7. The van der Waals surface area contributed by atoms with Gasteiger partial charge in [0.25, 0.3) is 0 Å². The molecule has 25 heavy (non-hydrogen) atoms. The molecule has 3 aromatic rings. The molecular formula is C22H20O3. The lowest BCUT2D eigenvalue weighted by atomic mass is 9.94. The Morgan fingerprint density at radius 2 is 1.72 bits per heavy atom. The number of phenols is 1. The normalized spacial score (nSPS) is 10.5. The lowest BCUT2D eigenvalue weighted by molar-refractivity contribution is 0.112. The molecule has 1 N–H and O–H groups in total. The third-order valence-electron chi connectivity index (χ3n) is 4.36. The number of phenolic OH excluding ortho intramolecular Hbond substituents is 1. The number of carbonyl (C=O) groups is 1. The molecule has 0 atom stereocenters. The quantitative estimate of drug-likeness (QED) is 0.664. The average Bonchev–Trinajstić information content (AvgIpc) is 2.62. The predicted molar refractivity (Wildman–Crippen MR) is 99.2 cm³/mol. The molecule has 0 aliphatic heterocycles. The first-order valence-electron chi connectivity index (χ1n) is 8.15. The van der Waals surface area contributed by atoms with E-state index >= 15 is 0 Å². The van der Waals surface area contributed by atoms with E-state index in [1.807, 2.05) is 25.1 Å². The predicted octanol–water partition coefficient (Wildman–Crippen LogP) is 5.07. The second-order valence-corrected chi connectivity index (χ2v) is 6.06. The van der Waals surface area contributed by atoms with E-state index in [4.69, 9.17) is 4.74 Å². The van der Waals surface area contributed by atoms with Crippen molar-refractivity contribution in [1.29, 1.82) is 0 Å². The van der Waals surface area contributed by atoms with Crippen LogP contribution in [0.25, 0.3) is 11.1 Å². The molecule has 3 nitrogen and oxygen atoms in total. The van der Waals surface area contributed by atoms with Crippen LogP contribution in [0.5, 0.6) is 11.5 Å². The molecular weight excluding hydrogens is 312 g/mol. The van der Waals surface area contributed by atoms with Crippen molar-refractivity contribution in [1.82, 2.24) is 0 Å². The number of aromatic hydroxyl groups is 1. The van der Waals surface area contributed by atoms with Crippen LogP contribution in [-0.2, 0) is 6.61 Å². The van der Waals surface area contributed by atoms with Crippen molar-refractivity contribution >= 4 is 6.29 Å². The molecule has 0 aliphatic carbocycles. The monoisotopic (exact) mass is 332 g/mol. The van der Waals surface area contributed by atoms with Gasteiger partial charge in [-0.3, -0.25) is 4.79 Å². The Kier molecular flexibility index (Phi) is 4.85. The summed E-state index contributed by atoms with van der Waals surface area (Å²) < 4.78 is 5.86. The van der Waals surface area contributed by atoms with Gasteiger partial charge in [-0.1, -0.05) is 24.3 Å². The minimum atomic E-state index is 0.275. The van der Waals surface area contributed by atoms with Crippen LogP contribution in [0.4, 0.5) is 0 Å². The summed E-state index contributed by atoms with van der Waals surface area (Å²) in [5.41, 5.74) is 6.16. The molecule has 3 rings (SSSR count). The highest BCUT2D eigenvalue weighted by Crippen LogP contribution is 2.30. The fourth-order valence-electron chi connectivity index (χ4n) is 2.89. The molecule has 3 aromatic carbocycles. The molecule has 0 bridgehead atoms. The van der Waals surface area contributed by atoms with Crippen molar-refractivity contribution in [2.75, 3.05) is 0 Å². The van der Waals surface area contributed by atoms with E-state index in [0.29, 0.717) is 12.2 Å². The van der Waals surface area contributed by atoms with Gasteiger partial charge in [0.2, 0.25) is 0 Å². The van der Waals surface area contributed by atoms with Gasteiger partial charge in [0.1, 0.15) is 24.4 Å². The van der Waals surface area contributed by atoms with E-state index in [2.05, 4.69) is 13.0 Å². The Hall–Kier alpha value is -3.07. The first-order chi connectivity index (χ1) is 12.1. The molecule has 0 amide bonds. The molecule has 0 spiro atoms. The van der Waals surface area contributed by atoms with E-state index in [1.54, 1.807) is 36.4 Å². The zero-order chi connectivity index (χ0) is 17.8. The number of rotatable bonds is 5. The van der Waals surface area contributed by atoms with Crippen molar-refractivity contribution in [3.63, 3.8) is 0 Å². The van der Waals surface area contributed by atoms with E-state index in [9.17, 15) is 9.90 Å². The molecule has 0 aliphatic rings. The van der Waals surface area contributed by atoms with Gasteiger partial charge in [-0.25, -0.2) is 0 Å².